The molecule has 0 aliphatic heterocycles. The van der Waals surface area contributed by atoms with Crippen LogP contribution in [0.25, 0.3) is 0 Å². The van der Waals surface area contributed by atoms with Gasteiger partial charge < -0.3 is 14.8 Å². The summed E-state index contributed by atoms with van der Waals surface area (Å²) in [5.74, 6) is -1.43. The van der Waals surface area contributed by atoms with Gasteiger partial charge in [-0.1, -0.05) is 11.6 Å². The highest BCUT2D eigenvalue weighted by atomic mass is 35.5. The first-order valence-electron chi connectivity index (χ1n) is 9.41. The molecule has 0 fully saturated rings. The predicted molar refractivity (Wildman–Crippen MR) is 118 cm³/mol. The second-order valence-electron chi connectivity index (χ2n) is 7.66. The fourth-order valence-electron chi connectivity index (χ4n) is 2.35. The molecule has 0 aliphatic carbocycles. The van der Waals surface area contributed by atoms with Crippen LogP contribution in [-0.4, -0.2) is 34.6 Å². The largest absolute Gasteiger partial charge is 0.449 e. The summed E-state index contributed by atoms with van der Waals surface area (Å²) in [7, 11) is 0. The van der Waals surface area contributed by atoms with Gasteiger partial charge in [0.05, 0.1) is 21.2 Å². The van der Waals surface area contributed by atoms with E-state index in [1.807, 2.05) is 0 Å². The van der Waals surface area contributed by atoms with Gasteiger partial charge in [-0.15, -0.1) is 0 Å². The molecule has 0 radical (unpaired) electrons. The lowest BCUT2D eigenvalue weighted by Gasteiger charge is -2.19. The average molecular weight is 464 g/mol. The summed E-state index contributed by atoms with van der Waals surface area (Å²) in [5.41, 5.74) is -0.162. The van der Waals surface area contributed by atoms with Gasteiger partial charge in [-0.3, -0.25) is 20.2 Å². The Balaban J connectivity index is 1.94. The van der Waals surface area contributed by atoms with E-state index < -0.39 is 34.6 Å². The van der Waals surface area contributed by atoms with Crippen LogP contribution in [0.15, 0.2) is 42.5 Å². The average Bonchev–Trinajstić information content (AvgIpc) is 2.68. The second-order valence-corrected chi connectivity index (χ2v) is 8.07. The van der Waals surface area contributed by atoms with Crippen molar-refractivity contribution in [1.29, 1.82) is 0 Å². The van der Waals surface area contributed by atoms with Crippen LogP contribution < -0.4 is 10.6 Å². The van der Waals surface area contributed by atoms with E-state index in [1.54, 1.807) is 20.8 Å². The molecular formula is C21H22ClN3O7. The van der Waals surface area contributed by atoms with Gasteiger partial charge in [-0.05, 0) is 58.0 Å². The molecule has 0 aliphatic rings. The molecule has 2 aromatic rings. The number of carbonyl (C=O) groups excluding carboxylic acids is 3. The van der Waals surface area contributed by atoms with Gasteiger partial charge in [-0.2, -0.15) is 0 Å². The third kappa shape index (κ3) is 7.24. The Morgan fingerprint density at radius 3 is 2.22 bits per heavy atom. The van der Waals surface area contributed by atoms with Gasteiger partial charge in [0.2, 0.25) is 0 Å². The molecule has 0 heterocycles. The van der Waals surface area contributed by atoms with Crippen LogP contribution in [0.1, 0.15) is 38.1 Å². The third-order valence-electron chi connectivity index (χ3n) is 3.84. The number of rotatable bonds is 6. The van der Waals surface area contributed by atoms with Crippen molar-refractivity contribution in [3.05, 3.63) is 63.2 Å². The maximum Gasteiger partial charge on any atom is 0.412 e. The maximum absolute atomic E-state index is 12.3. The number of halogens is 1. The molecule has 2 amide bonds. The lowest BCUT2D eigenvalue weighted by molar-refractivity contribution is -0.384. The number of benzene rings is 2. The third-order valence-corrected chi connectivity index (χ3v) is 4.15. The number of hydrogen-bond acceptors (Lipinski definition) is 7. The van der Waals surface area contributed by atoms with E-state index in [4.69, 9.17) is 21.1 Å². The quantitative estimate of drug-likeness (QED) is 0.357. The molecule has 2 rings (SSSR count). The number of carbonyl (C=O) groups is 3. The molecule has 11 heteroatoms. The van der Waals surface area contributed by atoms with E-state index in [-0.39, 0.29) is 22.0 Å². The minimum Gasteiger partial charge on any atom is -0.449 e. The van der Waals surface area contributed by atoms with Gasteiger partial charge in [0.25, 0.3) is 11.6 Å². The number of nitro benzene ring substituents is 1. The number of nitrogens with one attached hydrogen (secondary N) is 2. The molecule has 1 atom stereocenters. The van der Waals surface area contributed by atoms with Crippen LogP contribution in [-0.2, 0) is 14.3 Å². The summed E-state index contributed by atoms with van der Waals surface area (Å²) >= 11 is 5.94. The van der Waals surface area contributed by atoms with Crippen LogP contribution in [0.2, 0.25) is 5.02 Å². The van der Waals surface area contributed by atoms with E-state index in [2.05, 4.69) is 10.6 Å². The molecule has 32 heavy (non-hydrogen) atoms. The Morgan fingerprint density at radius 1 is 1.06 bits per heavy atom. The minimum absolute atomic E-state index is 0.0286. The normalized spacial score (nSPS) is 11.8. The summed E-state index contributed by atoms with van der Waals surface area (Å²) in [6, 6.07) is 9.39. The lowest BCUT2D eigenvalue weighted by atomic mass is 10.2. The summed E-state index contributed by atoms with van der Waals surface area (Å²) in [5, 5.41) is 15.7. The van der Waals surface area contributed by atoms with Gasteiger partial charge >= 0.3 is 12.1 Å². The molecule has 0 saturated heterocycles. The Morgan fingerprint density at radius 2 is 1.69 bits per heavy atom. The van der Waals surface area contributed by atoms with Crippen LogP contribution >= 0.6 is 11.6 Å². The van der Waals surface area contributed by atoms with E-state index in [9.17, 15) is 24.5 Å². The van der Waals surface area contributed by atoms with Crippen molar-refractivity contribution < 1.29 is 28.8 Å². The van der Waals surface area contributed by atoms with E-state index in [0.29, 0.717) is 5.69 Å². The van der Waals surface area contributed by atoms with Crippen molar-refractivity contribution in [3.63, 3.8) is 0 Å². The number of amides is 2. The Labute approximate surface area is 189 Å². The van der Waals surface area contributed by atoms with Gasteiger partial charge in [0.15, 0.2) is 6.10 Å². The van der Waals surface area contributed by atoms with Crippen molar-refractivity contribution in [2.45, 2.75) is 39.4 Å². The second kappa shape index (κ2) is 10.1. The van der Waals surface area contributed by atoms with Crippen molar-refractivity contribution in [2.24, 2.45) is 0 Å². The van der Waals surface area contributed by atoms with E-state index >= 15 is 0 Å². The summed E-state index contributed by atoms with van der Waals surface area (Å²) in [6.07, 6.45) is -1.81. The molecule has 0 bridgehead atoms. The first-order chi connectivity index (χ1) is 14.9. The molecular weight excluding hydrogens is 442 g/mol. The van der Waals surface area contributed by atoms with E-state index in [0.717, 1.165) is 6.07 Å². The van der Waals surface area contributed by atoms with Crippen LogP contribution in [0, 0.1) is 10.1 Å². The highest BCUT2D eigenvalue weighted by Gasteiger charge is 2.21. The van der Waals surface area contributed by atoms with Crippen molar-refractivity contribution in [1.82, 2.24) is 0 Å². The van der Waals surface area contributed by atoms with E-state index in [1.165, 1.54) is 43.3 Å². The zero-order valence-electron chi connectivity index (χ0n) is 17.8. The number of nitrogens with zero attached hydrogens (tertiary/aromatic N) is 1. The molecule has 0 aromatic heterocycles. The highest BCUT2D eigenvalue weighted by Crippen LogP contribution is 2.27. The van der Waals surface area contributed by atoms with Crippen LogP contribution in [0.4, 0.5) is 21.9 Å². The minimum atomic E-state index is -1.17. The number of anilines is 2. The first kappa shape index (κ1) is 24.6. The van der Waals surface area contributed by atoms with Gasteiger partial charge in [0, 0.05) is 17.8 Å². The first-order valence-corrected chi connectivity index (χ1v) is 9.79. The number of ether oxygens (including phenoxy) is 2. The number of non-ortho nitro benzene ring substituents is 1. The fraction of sp³-hybridized carbons (Fsp3) is 0.286. The molecule has 2 aromatic carbocycles. The van der Waals surface area contributed by atoms with Crippen molar-refractivity contribution in [3.8, 4) is 0 Å². The Kier molecular flexibility index (Phi) is 7.77. The van der Waals surface area contributed by atoms with Crippen molar-refractivity contribution >= 4 is 46.6 Å². The standard InChI is InChI=1S/C21H22ClN3O7/c1-12(18(26)24-17-10-9-15(25(29)30)11-16(17)22)31-19(27)13-5-7-14(8-6-13)23-20(28)32-21(2,3)4/h5-12H,1-4H3,(H,23,28)(H,24,26). The monoisotopic (exact) mass is 463 g/mol. The molecule has 0 saturated carbocycles. The predicted octanol–water partition coefficient (Wildman–Crippen LogP) is 4.78. The zero-order chi connectivity index (χ0) is 24.1. The van der Waals surface area contributed by atoms with Gasteiger partial charge in [0.1, 0.15) is 5.60 Å². The zero-order valence-corrected chi connectivity index (χ0v) is 18.6. The molecule has 2 N–H and O–H groups in total. The Bertz CT molecular complexity index is 1030. The van der Waals surface area contributed by atoms with Crippen LogP contribution in [0.5, 0.6) is 0 Å². The molecule has 0 spiro atoms. The topological polar surface area (TPSA) is 137 Å². The molecule has 10 nitrogen and oxygen atoms in total. The number of hydrogen-bond donors (Lipinski definition) is 2. The fourth-order valence-corrected chi connectivity index (χ4v) is 2.57. The number of esters is 1. The van der Waals surface area contributed by atoms with Crippen molar-refractivity contribution in [2.75, 3.05) is 10.6 Å². The summed E-state index contributed by atoms with van der Waals surface area (Å²) < 4.78 is 10.3. The lowest BCUT2D eigenvalue weighted by Crippen LogP contribution is -2.30. The molecule has 1 unspecified atom stereocenters. The highest BCUT2D eigenvalue weighted by molar-refractivity contribution is 6.34. The van der Waals surface area contributed by atoms with Gasteiger partial charge in [-0.25, -0.2) is 9.59 Å². The van der Waals surface area contributed by atoms with Crippen LogP contribution in [0.3, 0.4) is 0 Å². The summed E-state index contributed by atoms with van der Waals surface area (Å²) in [6.45, 7) is 6.57. The SMILES string of the molecule is CC(OC(=O)c1ccc(NC(=O)OC(C)(C)C)cc1)C(=O)Nc1ccc([N+](=O)[O-])cc1Cl. The Hall–Kier alpha value is -3.66. The molecule has 170 valence electrons. The smallest absolute Gasteiger partial charge is 0.412 e. The number of nitro groups is 1. The maximum atomic E-state index is 12.3. The summed E-state index contributed by atoms with van der Waals surface area (Å²) in [4.78, 5) is 46.5.